The fourth-order valence-corrected chi connectivity index (χ4v) is 4.28. The van der Waals surface area contributed by atoms with Crippen molar-refractivity contribution in [3.63, 3.8) is 0 Å². The number of allylic oxidation sites excluding steroid dienone is 1. The van der Waals surface area contributed by atoms with Crippen LogP contribution >= 0.6 is 0 Å². The van der Waals surface area contributed by atoms with Gasteiger partial charge < -0.3 is 14.2 Å². The van der Waals surface area contributed by atoms with Gasteiger partial charge in [-0.15, -0.1) is 0 Å². The summed E-state index contributed by atoms with van der Waals surface area (Å²) in [6.45, 7) is 5.80. The molecule has 0 N–H and O–H groups in total. The van der Waals surface area contributed by atoms with E-state index in [-0.39, 0.29) is 23.4 Å². The molecule has 4 atom stereocenters. The summed E-state index contributed by atoms with van der Waals surface area (Å²) >= 11 is 0. The van der Waals surface area contributed by atoms with Crippen LogP contribution in [0.4, 0.5) is 0 Å². The van der Waals surface area contributed by atoms with Gasteiger partial charge in [0, 0.05) is 11.6 Å². The number of carbonyl (C=O) groups excluding carboxylic acids is 2. The van der Waals surface area contributed by atoms with Crippen molar-refractivity contribution in [2.45, 2.75) is 45.8 Å². The normalized spacial score (nSPS) is 22.3. The summed E-state index contributed by atoms with van der Waals surface area (Å²) < 4.78 is 16.8. The van der Waals surface area contributed by atoms with E-state index in [9.17, 15) is 14.9 Å². The molecule has 2 aromatic carbocycles. The summed E-state index contributed by atoms with van der Waals surface area (Å²) in [6.07, 6.45) is 4.20. The van der Waals surface area contributed by atoms with Crippen LogP contribution in [0.25, 0.3) is 0 Å². The summed E-state index contributed by atoms with van der Waals surface area (Å²) in [5.41, 5.74) is 0.168. The zero-order valence-electron chi connectivity index (χ0n) is 19.6. The Hall–Kier alpha value is -3.59. The number of para-hydroxylation sites is 1. The maximum Gasteiger partial charge on any atom is 0.330 e. The second-order valence-corrected chi connectivity index (χ2v) is 9.60. The predicted molar refractivity (Wildman–Crippen MR) is 126 cm³/mol. The van der Waals surface area contributed by atoms with Crippen molar-refractivity contribution in [2.24, 2.45) is 23.2 Å². The van der Waals surface area contributed by atoms with Crippen LogP contribution in [-0.2, 0) is 19.1 Å². The molecule has 0 saturated heterocycles. The molecule has 2 fully saturated rings. The Kier molecular flexibility index (Phi) is 6.74. The molecular formula is C28H29NO5. The third kappa shape index (κ3) is 5.48. The SMILES string of the molecule is CC(OC(=O)C=C[C@H]1[C@@H](C(=O)O[C@H](C#N)c2cccc(Oc3ccccc3)c2)C1(C)C)C1CC1. The average Bonchev–Trinajstić information content (AvgIpc) is 3.73. The summed E-state index contributed by atoms with van der Waals surface area (Å²) in [4.78, 5) is 25.0. The Morgan fingerprint density at radius 1 is 1.06 bits per heavy atom. The summed E-state index contributed by atoms with van der Waals surface area (Å²) in [6, 6.07) is 18.3. The van der Waals surface area contributed by atoms with Gasteiger partial charge >= 0.3 is 11.9 Å². The summed E-state index contributed by atoms with van der Waals surface area (Å²) in [7, 11) is 0. The van der Waals surface area contributed by atoms with Gasteiger partial charge in [-0.3, -0.25) is 4.79 Å². The third-order valence-corrected chi connectivity index (χ3v) is 6.68. The first kappa shape index (κ1) is 23.6. The van der Waals surface area contributed by atoms with Crippen LogP contribution in [0.15, 0.2) is 66.7 Å². The Balaban J connectivity index is 1.37. The fourth-order valence-electron chi connectivity index (χ4n) is 4.28. The van der Waals surface area contributed by atoms with Gasteiger partial charge in [-0.25, -0.2) is 4.79 Å². The number of nitriles is 1. The molecule has 176 valence electrons. The van der Waals surface area contributed by atoms with Gasteiger partial charge in [-0.2, -0.15) is 5.26 Å². The minimum absolute atomic E-state index is 0.0804. The molecule has 2 aliphatic carbocycles. The zero-order chi connectivity index (χ0) is 24.3. The van der Waals surface area contributed by atoms with Gasteiger partial charge in [-0.1, -0.05) is 50.3 Å². The Bertz CT molecular complexity index is 1110. The highest BCUT2D eigenvalue weighted by Gasteiger charge is 2.61. The smallest absolute Gasteiger partial charge is 0.330 e. The van der Waals surface area contributed by atoms with Crippen LogP contribution in [0.5, 0.6) is 11.5 Å². The average molecular weight is 460 g/mol. The Morgan fingerprint density at radius 3 is 2.44 bits per heavy atom. The first-order valence-electron chi connectivity index (χ1n) is 11.6. The molecular weight excluding hydrogens is 430 g/mol. The lowest BCUT2D eigenvalue weighted by molar-refractivity contribution is -0.149. The number of rotatable bonds is 9. The number of carbonyl (C=O) groups is 2. The summed E-state index contributed by atoms with van der Waals surface area (Å²) in [5, 5.41) is 9.67. The van der Waals surface area contributed by atoms with Crippen LogP contribution < -0.4 is 4.74 Å². The lowest BCUT2D eigenvalue weighted by Crippen LogP contribution is -2.15. The number of nitrogens with zero attached hydrogens (tertiary/aromatic N) is 1. The standard InChI is InChI=1S/C28H29NO5/c1-18(19-12-13-19)32-25(30)15-14-23-26(28(23,2)3)27(31)34-24(17-29)20-8-7-11-22(16-20)33-21-9-5-4-6-10-21/h4-11,14-16,18-19,23-24,26H,12-13H2,1-3H3/t18?,23-,24+,26-/m0/s1. The van der Waals surface area contributed by atoms with E-state index in [0.29, 0.717) is 23.0 Å². The first-order chi connectivity index (χ1) is 16.3. The van der Waals surface area contributed by atoms with Crippen LogP contribution in [0.3, 0.4) is 0 Å². The zero-order valence-corrected chi connectivity index (χ0v) is 19.6. The third-order valence-electron chi connectivity index (χ3n) is 6.68. The Morgan fingerprint density at radius 2 is 1.76 bits per heavy atom. The molecule has 6 nitrogen and oxygen atoms in total. The molecule has 2 aliphatic rings. The number of hydrogen-bond acceptors (Lipinski definition) is 6. The van der Waals surface area contributed by atoms with Crippen LogP contribution in [0, 0.1) is 34.5 Å². The minimum atomic E-state index is -1.06. The molecule has 0 amide bonds. The molecule has 0 aliphatic heterocycles. The topological polar surface area (TPSA) is 85.6 Å². The first-order valence-corrected chi connectivity index (χ1v) is 11.6. The van der Waals surface area contributed by atoms with Gasteiger partial charge in [0.05, 0.1) is 5.92 Å². The van der Waals surface area contributed by atoms with Crippen LogP contribution in [-0.4, -0.2) is 18.0 Å². The molecule has 6 heteroatoms. The highest BCUT2D eigenvalue weighted by molar-refractivity contribution is 5.83. The quantitative estimate of drug-likeness (QED) is 0.350. The maximum absolute atomic E-state index is 12.9. The molecule has 4 rings (SSSR count). The largest absolute Gasteiger partial charge is 0.459 e. The molecule has 0 radical (unpaired) electrons. The highest BCUT2D eigenvalue weighted by Crippen LogP contribution is 2.59. The lowest BCUT2D eigenvalue weighted by Gasteiger charge is -2.13. The number of benzene rings is 2. The molecule has 0 bridgehead atoms. The van der Waals surface area contributed by atoms with Gasteiger partial charge in [0.1, 0.15) is 23.7 Å². The number of hydrogen-bond donors (Lipinski definition) is 0. The second-order valence-electron chi connectivity index (χ2n) is 9.60. The maximum atomic E-state index is 12.9. The van der Waals surface area contributed by atoms with E-state index >= 15 is 0 Å². The van der Waals surface area contributed by atoms with E-state index in [4.69, 9.17) is 14.2 Å². The van der Waals surface area contributed by atoms with E-state index in [2.05, 4.69) is 6.07 Å². The monoisotopic (exact) mass is 459 g/mol. The molecule has 2 aromatic rings. The second kappa shape index (κ2) is 9.72. The summed E-state index contributed by atoms with van der Waals surface area (Å²) in [5.74, 6) is 0.251. The Labute approximate surface area is 200 Å². The molecule has 1 unspecified atom stereocenters. The van der Waals surface area contributed by atoms with Crippen molar-refractivity contribution in [3.8, 4) is 17.6 Å². The van der Waals surface area contributed by atoms with Crippen LogP contribution in [0.2, 0.25) is 0 Å². The highest BCUT2D eigenvalue weighted by atomic mass is 16.5. The van der Waals surface area contributed by atoms with E-state index in [1.165, 1.54) is 6.08 Å². The van der Waals surface area contributed by atoms with Crippen molar-refractivity contribution in [2.75, 3.05) is 0 Å². The number of esters is 2. The van der Waals surface area contributed by atoms with Crippen molar-refractivity contribution in [1.82, 2.24) is 0 Å². The van der Waals surface area contributed by atoms with E-state index in [1.807, 2.05) is 51.1 Å². The van der Waals surface area contributed by atoms with Crippen molar-refractivity contribution in [3.05, 3.63) is 72.3 Å². The van der Waals surface area contributed by atoms with Gasteiger partial charge in [0.15, 0.2) is 0 Å². The van der Waals surface area contributed by atoms with E-state index < -0.39 is 18.0 Å². The van der Waals surface area contributed by atoms with Crippen molar-refractivity contribution < 1.29 is 23.8 Å². The number of ether oxygens (including phenoxy) is 3. The van der Waals surface area contributed by atoms with Crippen molar-refractivity contribution in [1.29, 1.82) is 5.26 Å². The van der Waals surface area contributed by atoms with Crippen molar-refractivity contribution >= 4 is 11.9 Å². The van der Waals surface area contributed by atoms with E-state index in [1.54, 1.807) is 30.3 Å². The molecule has 0 aromatic heterocycles. The minimum Gasteiger partial charge on any atom is -0.459 e. The molecule has 2 saturated carbocycles. The van der Waals surface area contributed by atoms with Crippen LogP contribution in [0.1, 0.15) is 45.3 Å². The lowest BCUT2D eigenvalue weighted by atomic mass is 10.1. The molecule has 34 heavy (non-hydrogen) atoms. The molecule has 0 spiro atoms. The van der Waals surface area contributed by atoms with Gasteiger partial charge in [-0.05, 0) is 61.3 Å². The van der Waals surface area contributed by atoms with E-state index in [0.717, 1.165) is 12.8 Å². The molecule has 0 heterocycles. The fraction of sp³-hybridized carbons (Fsp3) is 0.393. The van der Waals surface area contributed by atoms with Gasteiger partial charge in [0.25, 0.3) is 0 Å². The van der Waals surface area contributed by atoms with Gasteiger partial charge in [0.2, 0.25) is 6.10 Å². The predicted octanol–water partition coefficient (Wildman–Crippen LogP) is 5.76.